The van der Waals surface area contributed by atoms with Crippen molar-refractivity contribution in [3.63, 3.8) is 0 Å². The van der Waals surface area contributed by atoms with E-state index < -0.39 is 0 Å². The molecule has 1 fully saturated rings. The lowest BCUT2D eigenvalue weighted by atomic mass is 9.78. The molecule has 0 nitrogen and oxygen atoms in total. The van der Waals surface area contributed by atoms with Crippen molar-refractivity contribution in [3.8, 4) is 0 Å². The third-order valence-electron chi connectivity index (χ3n) is 3.93. The Morgan fingerprint density at radius 3 is 1.87 bits per heavy atom. The van der Waals surface area contributed by atoms with Crippen LogP contribution in [0.5, 0.6) is 0 Å². The fraction of sp³-hybridized carbons (Fsp3) is 1.00. The summed E-state index contributed by atoms with van der Waals surface area (Å²) in [5.74, 6) is 2.14. The van der Waals surface area contributed by atoms with Crippen molar-refractivity contribution in [3.05, 3.63) is 0 Å². The molecule has 0 saturated heterocycles. The van der Waals surface area contributed by atoms with E-state index in [4.69, 9.17) is 0 Å². The lowest BCUT2D eigenvalue weighted by Gasteiger charge is -2.28. The molecule has 0 spiro atoms. The molecule has 0 amide bonds. The predicted molar refractivity (Wildman–Crippen MR) is 72.6 cm³/mol. The van der Waals surface area contributed by atoms with Gasteiger partial charge in [0, 0.05) is 5.33 Å². The lowest BCUT2D eigenvalue weighted by molar-refractivity contribution is 0.248. The molecule has 1 rings (SSSR count). The molecule has 90 valence electrons. The second-order valence-corrected chi connectivity index (χ2v) is 6.01. The quantitative estimate of drug-likeness (QED) is 0.422. The second kappa shape index (κ2) is 8.61. The third kappa shape index (κ3) is 5.94. The molecule has 1 heteroatoms. The van der Waals surface area contributed by atoms with Crippen molar-refractivity contribution in [1.82, 2.24) is 0 Å². The summed E-state index contributed by atoms with van der Waals surface area (Å²) in [5, 5.41) is 1.20. The number of hydrogen-bond acceptors (Lipinski definition) is 0. The zero-order chi connectivity index (χ0) is 10.9. The van der Waals surface area contributed by atoms with E-state index >= 15 is 0 Å². The average molecular weight is 275 g/mol. The van der Waals surface area contributed by atoms with Gasteiger partial charge in [-0.05, 0) is 24.7 Å². The van der Waals surface area contributed by atoms with Crippen LogP contribution in [-0.2, 0) is 0 Å². The van der Waals surface area contributed by atoms with E-state index in [9.17, 15) is 0 Å². The standard InChI is InChI=1S/C14H27Br/c1-2-3-4-6-13-8-10-14(11-9-13)7-5-12-15/h13-14H,2-12H2,1H3/t13-,14-. The first-order valence-electron chi connectivity index (χ1n) is 6.92. The van der Waals surface area contributed by atoms with Gasteiger partial charge in [0.1, 0.15) is 0 Å². The molecule has 15 heavy (non-hydrogen) atoms. The molecule has 1 saturated carbocycles. The zero-order valence-corrected chi connectivity index (χ0v) is 11.9. The molecule has 1 aliphatic carbocycles. The first kappa shape index (κ1) is 13.5. The van der Waals surface area contributed by atoms with Gasteiger partial charge in [-0.2, -0.15) is 0 Å². The Balaban J connectivity index is 2.02. The highest BCUT2D eigenvalue weighted by molar-refractivity contribution is 9.09. The monoisotopic (exact) mass is 274 g/mol. The van der Waals surface area contributed by atoms with Crippen LogP contribution in [0.4, 0.5) is 0 Å². The van der Waals surface area contributed by atoms with E-state index in [1.165, 1.54) is 69.5 Å². The normalized spacial score (nSPS) is 26.8. The van der Waals surface area contributed by atoms with E-state index in [1.54, 1.807) is 0 Å². The Morgan fingerprint density at radius 2 is 1.40 bits per heavy atom. The van der Waals surface area contributed by atoms with Gasteiger partial charge in [0.25, 0.3) is 0 Å². The highest BCUT2D eigenvalue weighted by Crippen LogP contribution is 2.34. The van der Waals surface area contributed by atoms with Crippen LogP contribution in [0.3, 0.4) is 0 Å². The van der Waals surface area contributed by atoms with Crippen LogP contribution in [0.25, 0.3) is 0 Å². The van der Waals surface area contributed by atoms with Gasteiger partial charge in [-0.25, -0.2) is 0 Å². The molecule has 0 unspecified atom stereocenters. The molecule has 0 aliphatic heterocycles. The first-order chi connectivity index (χ1) is 7.36. The maximum atomic E-state index is 3.53. The van der Waals surface area contributed by atoms with Gasteiger partial charge in [-0.15, -0.1) is 0 Å². The minimum atomic E-state index is 1.06. The Morgan fingerprint density at radius 1 is 0.867 bits per heavy atom. The molecule has 0 aromatic carbocycles. The van der Waals surface area contributed by atoms with Gasteiger partial charge in [-0.1, -0.05) is 74.2 Å². The van der Waals surface area contributed by atoms with E-state index in [2.05, 4.69) is 22.9 Å². The Labute approximate surface area is 104 Å². The van der Waals surface area contributed by atoms with Crippen molar-refractivity contribution in [2.45, 2.75) is 71.1 Å². The minimum Gasteiger partial charge on any atom is -0.0928 e. The Kier molecular flexibility index (Phi) is 7.78. The molecule has 0 aromatic heterocycles. The highest BCUT2D eigenvalue weighted by atomic mass is 79.9. The van der Waals surface area contributed by atoms with Crippen LogP contribution >= 0.6 is 15.9 Å². The second-order valence-electron chi connectivity index (χ2n) is 5.21. The number of unbranched alkanes of at least 4 members (excludes halogenated alkanes) is 2. The van der Waals surface area contributed by atoms with Crippen LogP contribution in [0, 0.1) is 11.8 Å². The van der Waals surface area contributed by atoms with Crippen LogP contribution in [-0.4, -0.2) is 5.33 Å². The van der Waals surface area contributed by atoms with E-state index in [1.807, 2.05) is 0 Å². The Bertz CT molecular complexity index is 136. The molecular weight excluding hydrogens is 248 g/mol. The molecule has 0 radical (unpaired) electrons. The number of alkyl halides is 1. The van der Waals surface area contributed by atoms with E-state index in [0.29, 0.717) is 0 Å². The fourth-order valence-corrected chi connectivity index (χ4v) is 3.18. The summed E-state index contributed by atoms with van der Waals surface area (Å²) in [6.45, 7) is 2.30. The first-order valence-corrected chi connectivity index (χ1v) is 8.05. The van der Waals surface area contributed by atoms with Crippen LogP contribution in [0.1, 0.15) is 71.1 Å². The van der Waals surface area contributed by atoms with Gasteiger partial charge >= 0.3 is 0 Å². The largest absolute Gasteiger partial charge is 0.0928 e. The van der Waals surface area contributed by atoms with Crippen molar-refractivity contribution in [2.24, 2.45) is 11.8 Å². The minimum absolute atomic E-state index is 1.06. The molecular formula is C14H27Br. The van der Waals surface area contributed by atoms with Gasteiger partial charge in [-0.3, -0.25) is 0 Å². The Hall–Kier alpha value is 0.480. The highest BCUT2D eigenvalue weighted by Gasteiger charge is 2.20. The molecule has 0 aromatic rings. The summed E-state index contributed by atoms with van der Waals surface area (Å²) >= 11 is 3.53. The third-order valence-corrected chi connectivity index (χ3v) is 4.49. The number of halogens is 1. The van der Waals surface area contributed by atoms with Gasteiger partial charge in [0.05, 0.1) is 0 Å². The summed E-state index contributed by atoms with van der Waals surface area (Å²) in [5.41, 5.74) is 0. The average Bonchev–Trinajstić information content (AvgIpc) is 2.28. The van der Waals surface area contributed by atoms with Crippen LogP contribution in [0.15, 0.2) is 0 Å². The summed E-state index contributed by atoms with van der Waals surface area (Å²) < 4.78 is 0. The number of hydrogen-bond donors (Lipinski definition) is 0. The fourth-order valence-electron chi connectivity index (χ4n) is 2.86. The van der Waals surface area contributed by atoms with Crippen LogP contribution < -0.4 is 0 Å². The maximum absolute atomic E-state index is 3.53. The molecule has 0 bridgehead atoms. The van der Waals surface area contributed by atoms with Crippen molar-refractivity contribution < 1.29 is 0 Å². The summed E-state index contributed by atoms with van der Waals surface area (Å²) in [4.78, 5) is 0. The van der Waals surface area contributed by atoms with E-state index in [0.717, 1.165) is 11.8 Å². The van der Waals surface area contributed by atoms with Crippen molar-refractivity contribution in [1.29, 1.82) is 0 Å². The van der Waals surface area contributed by atoms with Crippen molar-refractivity contribution in [2.75, 3.05) is 5.33 Å². The summed E-state index contributed by atoms with van der Waals surface area (Å²) in [7, 11) is 0. The predicted octanol–water partition coefficient (Wildman–Crippen LogP) is 5.55. The smallest absolute Gasteiger partial charge is 0.00314 e. The molecule has 0 N–H and O–H groups in total. The number of rotatable bonds is 7. The summed E-state index contributed by atoms with van der Waals surface area (Å²) in [6.07, 6.45) is 14.7. The van der Waals surface area contributed by atoms with Gasteiger partial charge in [0.2, 0.25) is 0 Å². The topological polar surface area (TPSA) is 0 Å². The molecule has 1 aliphatic rings. The van der Waals surface area contributed by atoms with Gasteiger partial charge in [0.15, 0.2) is 0 Å². The van der Waals surface area contributed by atoms with E-state index in [-0.39, 0.29) is 0 Å². The zero-order valence-electron chi connectivity index (χ0n) is 10.3. The molecule has 0 heterocycles. The lowest BCUT2D eigenvalue weighted by Crippen LogP contribution is -2.14. The van der Waals surface area contributed by atoms with Crippen molar-refractivity contribution >= 4 is 15.9 Å². The summed E-state index contributed by atoms with van der Waals surface area (Å²) in [6, 6.07) is 0. The maximum Gasteiger partial charge on any atom is 0.00314 e. The SMILES string of the molecule is CCCCC[C@H]1CC[C@H](CCCBr)CC1. The van der Waals surface area contributed by atoms with Gasteiger partial charge < -0.3 is 0 Å². The van der Waals surface area contributed by atoms with Crippen LogP contribution in [0.2, 0.25) is 0 Å². The molecule has 0 atom stereocenters.